The molecule has 2 fully saturated rings. The van der Waals surface area contributed by atoms with Gasteiger partial charge in [-0.3, -0.25) is 4.79 Å². The van der Waals surface area contributed by atoms with E-state index in [-0.39, 0.29) is 5.92 Å². The molecule has 5 atom stereocenters. The summed E-state index contributed by atoms with van der Waals surface area (Å²) in [5, 5.41) is 18.2. The molecule has 0 aromatic heterocycles. The third kappa shape index (κ3) is 4.72. The van der Waals surface area contributed by atoms with Crippen LogP contribution >= 0.6 is 0 Å². The predicted octanol–water partition coefficient (Wildman–Crippen LogP) is 2.53. The fourth-order valence-corrected chi connectivity index (χ4v) is 4.66. The molecule has 2 saturated carbocycles. The van der Waals surface area contributed by atoms with E-state index < -0.39 is 5.97 Å². The van der Waals surface area contributed by atoms with Crippen molar-refractivity contribution in [1.82, 2.24) is 0 Å². The summed E-state index contributed by atoms with van der Waals surface area (Å²) >= 11 is 0. The number of hydrogen-bond acceptors (Lipinski definition) is 3. The van der Waals surface area contributed by atoms with Crippen LogP contribution in [0.25, 0.3) is 0 Å². The zero-order valence-electron chi connectivity index (χ0n) is 13.5. The average molecular weight is 296 g/mol. The second kappa shape index (κ2) is 9.47. The minimum Gasteiger partial charge on any atom is -0.481 e. The zero-order valence-corrected chi connectivity index (χ0v) is 13.5. The van der Waals surface area contributed by atoms with Gasteiger partial charge in [0.2, 0.25) is 0 Å². The van der Waals surface area contributed by atoms with Crippen molar-refractivity contribution in [3.63, 3.8) is 0 Å². The van der Waals surface area contributed by atoms with Crippen LogP contribution in [0.5, 0.6) is 0 Å². The average Bonchev–Trinajstić information content (AvgIpc) is 3.00. The SMILES string of the molecule is CCCC1CC2CC(C(=O)O)C(CCC[B]O)C2C1.CN. The molecule has 121 valence electrons. The summed E-state index contributed by atoms with van der Waals surface area (Å²) in [5.41, 5.74) is 4.50. The fourth-order valence-electron chi connectivity index (χ4n) is 4.66. The first kappa shape index (κ1) is 18.5. The monoisotopic (exact) mass is 296 g/mol. The molecule has 0 aromatic carbocycles. The van der Waals surface area contributed by atoms with Crippen molar-refractivity contribution in [1.29, 1.82) is 0 Å². The normalized spacial score (nSPS) is 34.0. The van der Waals surface area contributed by atoms with Gasteiger partial charge in [0, 0.05) is 0 Å². The lowest BCUT2D eigenvalue weighted by Crippen LogP contribution is -2.22. The summed E-state index contributed by atoms with van der Waals surface area (Å²) in [7, 11) is 2.71. The third-order valence-electron chi connectivity index (χ3n) is 5.36. The second-order valence-electron chi connectivity index (χ2n) is 6.51. The van der Waals surface area contributed by atoms with E-state index >= 15 is 0 Å². The Kier molecular flexibility index (Phi) is 8.34. The Morgan fingerprint density at radius 3 is 2.52 bits per heavy atom. The molecule has 0 heterocycles. The lowest BCUT2D eigenvalue weighted by Gasteiger charge is -2.22. The minimum absolute atomic E-state index is 0.128. The molecule has 1 radical (unpaired) electrons. The van der Waals surface area contributed by atoms with Crippen LogP contribution < -0.4 is 5.73 Å². The number of carboxylic acids is 1. The van der Waals surface area contributed by atoms with Gasteiger partial charge < -0.3 is 15.9 Å². The first-order valence-electron chi connectivity index (χ1n) is 8.43. The Morgan fingerprint density at radius 1 is 1.24 bits per heavy atom. The molecule has 0 bridgehead atoms. The van der Waals surface area contributed by atoms with E-state index in [4.69, 9.17) is 5.02 Å². The van der Waals surface area contributed by atoms with Crippen molar-refractivity contribution in [2.24, 2.45) is 35.3 Å². The second-order valence-corrected chi connectivity index (χ2v) is 6.51. The van der Waals surface area contributed by atoms with E-state index in [0.29, 0.717) is 24.1 Å². The van der Waals surface area contributed by atoms with Crippen molar-refractivity contribution in [3.05, 3.63) is 0 Å². The maximum absolute atomic E-state index is 11.4. The Bertz CT molecular complexity index is 314. The summed E-state index contributed by atoms with van der Waals surface area (Å²) in [6.45, 7) is 2.24. The van der Waals surface area contributed by atoms with Gasteiger partial charge in [0.25, 0.3) is 7.48 Å². The smallest absolute Gasteiger partial charge is 0.306 e. The van der Waals surface area contributed by atoms with Crippen LogP contribution in [0.4, 0.5) is 0 Å². The highest BCUT2D eigenvalue weighted by Gasteiger charge is 2.49. The number of carboxylic acid groups (broad SMARTS) is 1. The Balaban J connectivity index is 0.00000106. The molecule has 0 aliphatic heterocycles. The summed E-state index contributed by atoms with van der Waals surface area (Å²) < 4.78 is 0. The Hall–Kier alpha value is -0.545. The summed E-state index contributed by atoms with van der Waals surface area (Å²) in [6.07, 6.45) is 8.53. The number of rotatable bonds is 7. The summed E-state index contributed by atoms with van der Waals surface area (Å²) in [4.78, 5) is 11.4. The van der Waals surface area contributed by atoms with Crippen LogP contribution in [0.1, 0.15) is 51.9 Å². The topological polar surface area (TPSA) is 83.5 Å². The first-order valence-corrected chi connectivity index (χ1v) is 8.43. The number of hydrogen-bond donors (Lipinski definition) is 3. The van der Waals surface area contributed by atoms with E-state index in [2.05, 4.69) is 12.7 Å². The number of aliphatic carboxylic acids is 1. The fraction of sp³-hybridized carbons (Fsp3) is 0.938. The molecule has 5 unspecified atom stereocenters. The highest BCUT2D eigenvalue weighted by atomic mass is 16.4. The van der Waals surface area contributed by atoms with Gasteiger partial charge in [-0.1, -0.05) is 32.5 Å². The molecule has 2 aliphatic carbocycles. The van der Waals surface area contributed by atoms with Crippen LogP contribution in [0, 0.1) is 29.6 Å². The molecule has 4 nitrogen and oxygen atoms in total. The van der Waals surface area contributed by atoms with Crippen molar-refractivity contribution in [2.45, 2.75) is 58.2 Å². The molecule has 0 aromatic rings. The van der Waals surface area contributed by atoms with E-state index in [0.717, 1.165) is 25.2 Å². The highest BCUT2D eigenvalue weighted by molar-refractivity contribution is 6.25. The maximum Gasteiger partial charge on any atom is 0.306 e. The van der Waals surface area contributed by atoms with Gasteiger partial charge in [-0.2, -0.15) is 0 Å². The molecule has 5 heteroatoms. The van der Waals surface area contributed by atoms with Gasteiger partial charge in [0.1, 0.15) is 0 Å². The van der Waals surface area contributed by atoms with Gasteiger partial charge in [0.15, 0.2) is 0 Å². The van der Waals surface area contributed by atoms with Crippen LogP contribution in [-0.2, 0) is 4.79 Å². The number of fused-ring (bicyclic) bond motifs is 1. The van der Waals surface area contributed by atoms with Gasteiger partial charge in [0.05, 0.1) is 5.92 Å². The van der Waals surface area contributed by atoms with Gasteiger partial charge in [-0.05, 0) is 56.4 Å². The van der Waals surface area contributed by atoms with E-state index in [1.165, 1.54) is 40.2 Å². The molecular weight excluding hydrogens is 265 g/mol. The highest BCUT2D eigenvalue weighted by Crippen LogP contribution is 2.55. The van der Waals surface area contributed by atoms with Gasteiger partial charge in [-0.25, -0.2) is 0 Å². The lowest BCUT2D eigenvalue weighted by molar-refractivity contribution is -0.143. The van der Waals surface area contributed by atoms with E-state index in [1.807, 2.05) is 0 Å². The van der Waals surface area contributed by atoms with Crippen molar-refractivity contribution < 1.29 is 14.9 Å². The summed E-state index contributed by atoms with van der Waals surface area (Å²) in [5.74, 6) is 1.75. The molecular formula is C16H31BNO3. The standard InChI is InChI=1S/C15H26BO3.CH5N/c1-2-4-10-7-11-9-14(15(17)18)12(13(11)8-10)5-3-6-16-19;1-2/h10-14,19H,2-9H2,1H3,(H,17,18);2H2,1H3. The largest absolute Gasteiger partial charge is 0.481 e. The van der Waals surface area contributed by atoms with E-state index in [1.54, 1.807) is 0 Å². The summed E-state index contributed by atoms with van der Waals surface area (Å²) in [6, 6.07) is 0. The molecule has 21 heavy (non-hydrogen) atoms. The third-order valence-corrected chi connectivity index (χ3v) is 5.36. The minimum atomic E-state index is -0.598. The zero-order chi connectivity index (χ0) is 15.8. The van der Waals surface area contributed by atoms with Gasteiger partial charge in [-0.15, -0.1) is 0 Å². The van der Waals surface area contributed by atoms with Crippen molar-refractivity contribution in [2.75, 3.05) is 7.05 Å². The Morgan fingerprint density at radius 2 is 1.95 bits per heavy atom. The van der Waals surface area contributed by atoms with E-state index in [9.17, 15) is 9.90 Å². The molecule has 2 rings (SSSR count). The lowest BCUT2D eigenvalue weighted by atomic mass is 9.80. The molecule has 0 saturated heterocycles. The van der Waals surface area contributed by atoms with Crippen molar-refractivity contribution >= 4 is 13.5 Å². The number of carbonyl (C=O) groups is 1. The van der Waals surface area contributed by atoms with Crippen LogP contribution in [0.2, 0.25) is 6.32 Å². The molecule has 4 N–H and O–H groups in total. The van der Waals surface area contributed by atoms with Crippen LogP contribution in [-0.4, -0.2) is 30.6 Å². The van der Waals surface area contributed by atoms with Gasteiger partial charge >= 0.3 is 5.97 Å². The Labute approximate surface area is 129 Å². The molecule has 0 amide bonds. The van der Waals surface area contributed by atoms with Crippen LogP contribution in [0.15, 0.2) is 0 Å². The first-order chi connectivity index (χ1) is 10.2. The predicted molar refractivity (Wildman–Crippen MR) is 86.0 cm³/mol. The van der Waals surface area contributed by atoms with Crippen LogP contribution in [0.3, 0.4) is 0 Å². The maximum atomic E-state index is 11.4. The molecule has 2 aliphatic rings. The van der Waals surface area contributed by atoms with Crippen molar-refractivity contribution in [3.8, 4) is 0 Å². The quantitative estimate of drug-likeness (QED) is 0.498. The number of nitrogens with two attached hydrogens (primary N) is 1. The molecule has 0 spiro atoms.